The molecule has 11 heteroatoms. The van der Waals surface area contributed by atoms with Crippen molar-refractivity contribution in [3.8, 4) is 5.75 Å². The molecule has 1 aliphatic heterocycles. The molecule has 252 valence electrons. The fourth-order valence-electron chi connectivity index (χ4n) is 5.69. The normalized spacial score (nSPS) is 17.1. The zero-order valence-corrected chi connectivity index (χ0v) is 27.7. The second-order valence-electron chi connectivity index (χ2n) is 12.5. The molecule has 1 aliphatic rings. The molecule has 4 rings (SSSR count). The first-order chi connectivity index (χ1) is 22.6. The summed E-state index contributed by atoms with van der Waals surface area (Å²) in [5.41, 5.74) is 9.42. The Bertz CT molecular complexity index is 1490. The first kappa shape index (κ1) is 35.4. The average molecular weight is 645 g/mol. The van der Waals surface area contributed by atoms with Crippen LogP contribution in [0.2, 0.25) is 0 Å². The highest BCUT2D eigenvalue weighted by atomic mass is 16.5. The van der Waals surface area contributed by atoms with E-state index in [2.05, 4.69) is 27.4 Å². The standard InChI is InChI=1S/C36H48N6O5/c1-25-21-42(26(2)24-43)36(46)20-28-19-29(13-14-32(28)47-33(25)23-41(3)22-27-15-17-38-18-16-27)39-34(44)11-5-4-6-12-35(45)40-31-10-8-7-9-30(31)37/h7-10,13-19,25-26,33,43H,4-6,11-12,20-24,37H2,1-3H3,(H,39,44)(H,40,45)/t25-,26+,33+/m0/s1. The molecule has 2 aromatic carbocycles. The summed E-state index contributed by atoms with van der Waals surface area (Å²) in [6.45, 7) is 5.57. The molecule has 3 aromatic rings. The Morgan fingerprint density at radius 2 is 1.77 bits per heavy atom. The third-order valence-corrected chi connectivity index (χ3v) is 8.44. The number of likely N-dealkylation sites (N-methyl/N-ethyl adjacent to an activating group) is 1. The highest BCUT2D eigenvalue weighted by Gasteiger charge is 2.31. The molecule has 47 heavy (non-hydrogen) atoms. The lowest BCUT2D eigenvalue weighted by atomic mass is 10.0. The van der Waals surface area contributed by atoms with Crippen LogP contribution in [0.25, 0.3) is 0 Å². The quantitative estimate of drug-likeness (QED) is 0.148. The molecule has 3 atom stereocenters. The second kappa shape index (κ2) is 17.4. The number of hydrogen-bond acceptors (Lipinski definition) is 8. The van der Waals surface area contributed by atoms with Crippen LogP contribution < -0.4 is 21.1 Å². The van der Waals surface area contributed by atoms with Crippen molar-refractivity contribution in [1.29, 1.82) is 0 Å². The molecular formula is C36H48N6O5. The van der Waals surface area contributed by atoms with E-state index in [1.54, 1.807) is 41.6 Å². The molecule has 0 unspecified atom stereocenters. The van der Waals surface area contributed by atoms with Crippen molar-refractivity contribution in [2.45, 2.75) is 71.1 Å². The van der Waals surface area contributed by atoms with E-state index in [0.717, 1.165) is 18.5 Å². The summed E-state index contributed by atoms with van der Waals surface area (Å²) in [6, 6.07) is 16.2. The Kier molecular flexibility index (Phi) is 13.1. The number of carbonyl (C=O) groups excluding carboxylic acids is 3. The second-order valence-corrected chi connectivity index (χ2v) is 12.5. The summed E-state index contributed by atoms with van der Waals surface area (Å²) >= 11 is 0. The van der Waals surface area contributed by atoms with Gasteiger partial charge >= 0.3 is 0 Å². The third-order valence-electron chi connectivity index (χ3n) is 8.44. The molecule has 0 spiro atoms. The Balaban J connectivity index is 1.36. The predicted octanol–water partition coefficient (Wildman–Crippen LogP) is 4.47. The number of nitrogen functional groups attached to an aromatic ring is 1. The van der Waals surface area contributed by atoms with Crippen LogP contribution in [0.3, 0.4) is 0 Å². The number of ether oxygens (including phenoxy) is 1. The molecule has 0 saturated carbocycles. The van der Waals surface area contributed by atoms with Crippen LogP contribution in [0.4, 0.5) is 17.1 Å². The third kappa shape index (κ3) is 10.8. The number of amides is 3. The summed E-state index contributed by atoms with van der Waals surface area (Å²) in [5.74, 6) is 0.253. The first-order valence-electron chi connectivity index (χ1n) is 16.3. The number of nitrogens with zero attached hydrogens (tertiary/aromatic N) is 3. The van der Waals surface area contributed by atoms with E-state index in [1.807, 2.05) is 44.3 Å². The number of fused-ring (bicyclic) bond motifs is 1. The van der Waals surface area contributed by atoms with Crippen LogP contribution in [0.5, 0.6) is 5.75 Å². The van der Waals surface area contributed by atoms with Gasteiger partial charge in [-0.15, -0.1) is 0 Å². The maximum Gasteiger partial charge on any atom is 0.227 e. The van der Waals surface area contributed by atoms with Gasteiger partial charge in [0.1, 0.15) is 11.9 Å². The van der Waals surface area contributed by atoms with Gasteiger partial charge in [0.15, 0.2) is 0 Å². The number of carbonyl (C=O) groups is 3. The highest BCUT2D eigenvalue weighted by molar-refractivity contribution is 5.94. The van der Waals surface area contributed by atoms with Gasteiger partial charge in [-0.2, -0.15) is 0 Å². The number of aliphatic hydroxyl groups is 1. The van der Waals surface area contributed by atoms with Crippen molar-refractivity contribution in [1.82, 2.24) is 14.8 Å². The van der Waals surface area contributed by atoms with Gasteiger partial charge in [-0.3, -0.25) is 24.3 Å². The van der Waals surface area contributed by atoms with Gasteiger partial charge in [0.2, 0.25) is 17.7 Å². The minimum absolute atomic E-state index is 0.0132. The first-order valence-corrected chi connectivity index (χ1v) is 16.3. The number of aromatic nitrogens is 1. The van der Waals surface area contributed by atoms with Gasteiger partial charge in [-0.1, -0.05) is 25.5 Å². The molecule has 11 nitrogen and oxygen atoms in total. The van der Waals surface area contributed by atoms with Crippen molar-refractivity contribution in [3.05, 3.63) is 78.1 Å². The molecule has 0 saturated heterocycles. The summed E-state index contributed by atoms with van der Waals surface area (Å²) in [4.78, 5) is 46.6. The molecule has 1 aromatic heterocycles. The lowest BCUT2D eigenvalue weighted by Gasteiger charge is -2.34. The molecule has 0 aliphatic carbocycles. The average Bonchev–Trinajstić information content (AvgIpc) is 3.09. The Labute approximate surface area is 277 Å². The van der Waals surface area contributed by atoms with Gasteiger partial charge in [0.25, 0.3) is 0 Å². The van der Waals surface area contributed by atoms with Gasteiger partial charge in [-0.05, 0) is 74.8 Å². The molecule has 5 N–H and O–H groups in total. The summed E-state index contributed by atoms with van der Waals surface area (Å²) in [7, 11) is 2.04. The Morgan fingerprint density at radius 3 is 2.47 bits per heavy atom. The van der Waals surface area contributed by atoms with Crippen molar-refractivity contribution in [3.63, 3.8) is 0 Å². The minimum Gasteiger partial charge on any atom is -0.488 e. The largest absolute Gasteiger partial charge is 0.488 e. The number of nitrogens with two attached hydrogens (primary N) is 1. The van der Waals surface area contributed by atoms with Gasteiger partial charge in [-0.25, -0.2) is 0 Å². The number of nitrogens with one attached hydrogen (secondary N) is 2. The molecule has 0 bridgehead atoms. The van der Waals surface area contributed by atoms with Crippen LogP contribution in [-0.2, 0) is 27.3 Å². The van der Waals surface area contributed by atoms with E-state index in [0.29, 0.717) is 67.1 Å². The molecular weight excluding hydrogens is 596 g/mol. The smallest absolute Gasteiger partial charge is 0.227 e. The number of rotatable bonds is 14. The number of pyridine rings is 1. The van der Waals surface area contributed by atoms with Crippen molar-refractivity contribution in [2.75, 3.05) is 43.1 Å². The lowest BCUT2D eigenvalue weighted by molar-refractivity contribution is -0.134. The summed E-state index contributed by atoms with van der Waals surface area (Å²) in [6.07, 6.45) is 6.10. The molecule has 0 fully saturated rings. The number of benzene rings is 2. The monoisotopic (exact) mass is 644 g/mol. The summed E-state index contributed by atoms with van der Waals surface area (Å²) in [5, 5.41) is 15.7. The predicted molar refractivity (Wildman–Crippen MR) is 184 cm³/mol. The molecule has 0 radical (unpaired) electrons. The lowest BCUT2D eigenvalue weighted by Crippen LogP contribution is -2.47. The number of unbranched alkanes of at least 4 members (excludes halogenated alkanes) is 2. The fourth-order valence-corrected chi connectivity index (χ4v) is 5.69. The maximum atomic E-state index is 13.5. The zero-order valence-electron chi connectivity index (χ0n) is 27.7. The number of hydrogen-bond donors (Lipinski definition) is 4. The van der Waals surface area contributed by atoms with Crippen LogP contribution in [-0.4, -0.2) is 76.5 Å². The van der Waals surface area contributed by atoms with Crippen LogP contribution >= 0.6 is 0 Å². The summed E-state index contributed by atoms with van der Waals surface area (Å²) < 4.78 is 6.61. The SMILES string of the molecule is C[C@H](CO)N1C[C@H](C)[C@@H](CN(C)Cc2ccncc2)Oc2ccc(NC(=O)CCCCCC(=O)Nc3ccccc3N)cc2CC1=O. The molecule has 3 amide bonds. The topological polar surface area (TPSA) is 150 Å². The maximum absolute atomic E-state index is 13.5. The minimum atomic E-state index is -0.341. The Hall–Kier alpha value is -4.48. The van der Waals surface area contributed by atoms with Crippen LogP contribution in [0.1, 0.15) is 57.1 Å². The van der Waals surface area contributed by atoms with Gasteiger partial charge in [0, 0.05) is 62.0 Å². The van der Waals surface area contributed by atoms with Crippen LogP contribution in [0.15, 0.2) is 67.0 Å². The number of para-hydroxylation sites is 2. The van der Waals surface area contributed by atoms with Crippen molar-refractivity contribution >= 4 is 34.8 Å². The fraction of sp³-hybridized carbons (Fsp3) is 0.444. The van der Waals surface area contributed by atoms with E-state index >= 15 is 0 Å². The van der Waals surface area contributed by atoms with Crippen LogP contribution in [0, 0.1) is 5.92 Å². The van der Waals surface area contributed by atoms with Crippen molar-refractivity contribution < 1.29 is 24.2 Å². The Morgan fingerprint density at radius 1 is 1.06 bits per heavy atom. The zero-order chi connectivity index (χ0) is 33.8. The van der Waals surface area contributed by atoms with E-state index in [-0.39, 0.29) is 48.8 Å². The van der Waals surface area contributed by atoms with Gasteiger partial charge in [0.05, 0.1) is 30.4 Å². The van der Waals surface area contributed by atoms with Crippen molar-refractivity contribution in [2.24, 2.45) is 5.92 Å². The van der Waals surface area contributed by atoms with E-state index in [1.165, 1.54) is 0 Å². The van der Waals surface area contributed by atoms with Gasteiger partial charge < -0.3 is 31.1 Å². The highest BCUT2D eigenvalue weighted by Crippen LogP contribution is 2.29. The molecule has 2 heterocycles. The number of aliphatic hydroxyl groups excluding tert-OH is 1. The van der Waals surface area contributed by atoms with E-state index < -0.39 is 0 Å². The number of anilines is 3. The van der Waals surface area contributed by atoms with E-state index in [9.17, 15) is 19.5 Å². The van der Waals surface area contributed by atoms with E-state index in [4.69, 9.17) is 10.5 Å².